The van der Waals surface area contributed by atoms with Crippen molar-refractivity contribution < 1.29 is 0 Å². The van der Waals surface area contributed by atoms with Gasteiger partial charge >= 0.3 is 0 Å². The van der Waals surface area contributed by atoms with Gasteiger partial charge in [-0.1, -0.05) is 30.3 Å². The average Bonchev–Trinajstić information content (AvgIpc) is 2.99. The minimum atomic E-state index is 0.813. The summed E-state index contributed by atoms with van der Waals surface area (Å²) >= 11 is 0. The number of rotatable bonds is 4. The van der Waals surface area contributed by atoms with Crippen LogP contribution in [0.4, 0.5) is 0 Å². The molecule has 0 radical (unpaired) electrons. The Morgan fingerprint density at radius 1 is 0.917 bits per heavy atom. The molecule has 0 spiro atoms. The summed E-state index contributed by atoms with van der Waals surface area (Å²) in [7, 11) is 0. The predicted octanol–water partition coefficient (Wildman–Crippen LogP) is 4.45. The lowest BCUT2D eigenvalue weighted by molar-refractivity contribution is 0.989. The van der Waals surface area contributed by atoms with Gasteiger partial charge in [-0.15, -0.1) is 0 Å². The first-order valence-electron chi connectivity index (χ1n) is 8.19. The molecule has 3 nitrogen and oxygen atoms in total. The average molecular weight is 313 g/mol. The van der Waals surface area contributed by atoms with E-state index in [-0.39, 0.29) is 0 Å². The molecule has 3 heterocycles. The second kappa shape index (κ2) is 6.28. The van der Waals surface area contributed by atoms with Gasteiger partial charge in [-0.25, -0.2) is 0 Å². The number of aromatic amines is 1. The van der Waals surface area contributed by atoms with Crippen molar-refractivity contribution >= 4 is 10.9 Å². The first-order valence-corrected chi connectivity index (χ1v) is 8.19. The van der Waals surface area contributed by atoms with E-state index in [9.17, 15) is 0 Å². The lowest BCUT2D eigenvalue weighted by Crippen LogP contribution is -1.98. The van der Waals surface area contributed by atoms with Crippen molar-refractivity contribution in [2.45, 2.75) is 19.8 Å². The smallest absolute Gasteiger partial charge is 0.0493 e. The van der Waals surface area contributed by atoms with E-state index >= 15 is 0 Å². The highest BCUT2D eigenvalue weighted by molar-refractivity contribution is 5.86. The molecular formula is C21H19N3. The summed E-state index contributed by atoms with van der Waals surface area (Å²) in [5.74, 6) is 0. The fourth-order valence-corrected chi connectivity index (χ4v) is 3.14. The maximum atomic E-state index is 4.84. The normalized spacial score (nSPS) is 11.0. The van der Waals surface area contributed by atoms with Crippen LogP contribution in [-0.2, 0) is 12.8 Å². The van der Waals surface area contributed by atoms with E-state index in [1.54, 1.807) is 6.20 Å². The summed E-state index contributed by atoms with van der Waals surface area (Å²) in [5, 5.41) is 1.29. The molecule has 0 amide bonds. The van der Waals surface area contributed by atoms with Crippen LogP contribution in [0.15, 0.2) is 67.1 Å². The van der Waals surface area contributed by atoms with Crippen molar-refractivity contribution in [1.82, 2.24) is 15.0 Å². The lowest BCUT2D eigenvalue weighted by atomic mass is 10.0. The molecule has 0 aliphatic carbocycles. The Morgan fingerprint density at radius 3 is 2.58 bits per heavy atom. The van der Waals surface area contributed by atoms with E-state index in [4.69, 9.17) is 4.98 Å². The molecule has 1 aromatic carbocycles. The number of nitrogens with zero attached hydrogens (tertiary/aromatic N) is 2. The van der Waals surface area contributed by atoms with Crippen molar-refractivity contribution in [1.29, 1.82) is 0 Å². The molecule has 0 atom stereocenters. The van der Waals surface area contributed by atoms with Crippen LogP contribution in [-0.4, -0.2) is 15.0 Å². The summed E-state index contributed by atoms with van der Waals surface area (Å²) in [4.78, 5) is 12.4. The molecule has 118 valence electrons. The van der Waals surface area contributed by atoms with Crippen LogP contribution in [0.5, 0.6) is 0 Å². The highest BCUT2D eigenvalue weighted by Crippen LogP contribution is 2.23. The number of nitrogens with one attached hydrogen (secondary N) is 1. The standard InChI is InChI=1S/C21H19N3/c1-15-13-23-21-17(6-2-9-20(15)21)12-19-8-3-7-18(24-19)11-16-5-4-10-22-14-16/h2-10,13-14,23H,11-12H2,1H3. The zero-order valence-electron chi connectivity index (χ0n) is 13.7. The monoisotopic (exact) mass is 313 g/mol. The van der Waals surface area contributed by atoms with Crippen molar-refractivity contribution in [3.8, 4) is 0 Å². The Morgan fingerprint density at radius 2 is 1.75 bits per heavy atom. The second-order valence-corrected chi connectivity index (χ2v) is 6.15. The van der Waals surface area contributed by atoms with E-state index in [0.29, 0.717) is 0 Å². The van der Waals surface area contributed by atoms with Gasteiger partial charge in [-0.05, 0) is 41.8 Å². The van der Waals surface area contributed by atoms with Crippen LogP contribution in [0.25, 0.3) is 10.9 Å². The fourth-order valence-electron chi connectivity index (χ4n) is 3.14. The summed E-state index contributed by atoms with van der Waals surface area (Å²) in [6.45, 7) is 2.13. The van der Waals surface area contributed by atoms with Gasteiger partial charge in [0.2, 0.25) is 0 Å². The van der Waals surface area contributed by atoms with Crippen LogP contribution in [0.2, 0.25) is 0 Å². The number of aryl methyl sites for hydroxylation is 1. The third kappa shape index (κ3) is 2.93. The molecule has 0 aliphatic rings. The topological polar surface area (TPSA) is 41.6 Å². The number of aromatic nitrogens is 3. The Balaban J connectivity index is 1.61. The lowest BCUT2D eigenvalue weighted by Gasteiger charge is -2.06. The Bertz CT molecular complexity index is 971. The van der Waals surface area contributed by atoms with E-state index < -0.39 is 0 Å². The first-order chi connectivity index (χ1) is 11.8. The molecular weight excluding hydrogens is 294 g/mol. The first kappa shape index (κ1) is 14.6. The largest absolute Gasteiger partial charge is 0.361 e. The van der Waals surface area contributed by atoms with Gasteiger partial charge in [-0.3, -0.25) is 9.97 Å². The molecule has 0 aliphatic heterocycles. The Labute approximate surface area is 141 Å². The van der Waals surface area contributed by atoms with Crippen LogP contribution in [0, 0.1) is 6.92 Å². The van der Waals surface area contributed by atoms with Crippen LogP contribution < -0.4 is 0 Å². The predicted molar refractivity (Wildman–Crippen MR) is 97.1 cm³/mol. The van der Waals surface area contributed by atoms with Crippen molar-refractivity contribution in [3.05, 3.63) is 95.2 Å². The van der Waals surface area contributed by atoms with Gasteiger partial charge in [0.25, 0.3) is 0 Å². The number of hydrogen-bond acceptors (Lipinski definition) is 2. The number of benzene rings is 1. The molecule has 0 saturated heterocycles. The summed E-state index contributed by atoms with van der Waals surface area (Å²) in [5.41, 5.74) is 7.14. The van der Waals surface area contributed by atoms with Crippen molar-refractivity contribution in [3.63, 3.8) is 0 Å². The third-order valence-electron chi connectivity index (χ3n) is 4.35. The minimum absolute atomic E-state index is 0.813. The number of hydrogen-bond donors (Lipinski definition) is 1. The zero-order chi connectivity index (χ0) is 16.4. The molecule has 4 aromatic rings. The van der Waals surface area contributed by atoms with E-state index in [1.165, 1.54) is 27.6 Å². The number of fused-ring (bicyclic) bond motifs is 1. The van der Waals surface area contributed by atoms with Gasteiger partial charge in [0.1, 0.15) is 0 Å². The molecule has 0 saturated carbocycles. The quantitative estimate of drug-likeness (QED) is 0.605. The van der Waals surface area contributed by atoms with Crippen LogP contribution in [0.3, 0.4) is 0 Å². The van der Waals surface area contributed by atoms with Crippen LogP contribution >= 0.6 is 0 Å². The van der Waals surface area contributed by atoms with E-state index in [2.05, 4.69) is 65.6 Å². The van der Waals surface area contributed by atoms with Gasteiger partial charge < -0.3 is 4.98 Å². The van der Waals surface area contributed by atoms with E-state index in [1.807, 2.05) is 12.3 Å². The van der Waals surface area contributed by atoms with Gasteiger partial charge in [0.05, 0.1) is 0 Å². The minimum Gasteiger partial charge on any atom is -0.361 e. The van der Waals surface area contributed by atoms with E-state index in [0.717, 1.165) is 24.2 Å². The number of H-pyrrole nitrogens is 1. The summed E-state index contributed by atoms with van der Waals surface area (Å²) in [6, 6.07) is 16.8. The van der Waals surface area contributed by atoms with Gasteiger partial charge in [0.15, 0.2) is 0 Å². The fraction of sp³-hybridized carbons (Fsp3) is 0.143. The summed E-state index contributed by atoms with van der Waals surface area (Å²) < 4.78 is 0. The molecule has 4 rings (SSSR count). The second-order valence-electron chi connectivity index (χ2n) is 6.15. The van der Waals surface area contributed by atoms with Gasteiger partial charge in [-0.2, -0.15) is 0 Å². The molecule has 1 N–H and O–H groups in total. The maximum Gasteiger partial charge on any atom is 0.0493 e. The van der Waals surface area contributed by atoms with Gasteiger partial charge in [0, 0.05) is 53.7 Å². The third-order valence-corrected chi connectivity index (χ3v) is 4.35. The molecule has 3 aromatic heterocycles. The molecule has 0 unspecified atom stereocenters. The highest BCUT2D eigenvalue weighted by Gasteiger charge is 2.07. The number of para-hydroxylation sites is 1. The van der Waals surface area contributed by atoms with Crippen molar-refractivity contribution in [2.24, 2.45) is 0 Å². The molecule has 24 heavy (non-hydrogen) atoms. The maximum absolute atomic E-state index is 4.84. The highest BCUT2D eigenvalue weighted by atomic mass is 14.7. The summed E-state index contributed by atoms with van der Waals surface area (Å²) in [6.07, 6.45) is 7.41. The van der Waals surface area contributed by atoms with Crippen molar-refractivity contribution in [2.75, 3.05) is 0 Å². The number of pyridine rings is 2. The molecule has 3 heteroatoms. The Hall–Kier alpha value is -2.94. The SMILES string of the molecule is Cc1c[nH]c2c(Cc3cccc(Cc4cccnc4)n3)cccc12. The zero-order valence-corrected chi connectivity index (χ0v) is 13.7. The van der Waals surface area contributed by atoms with Crippen LogP contribution in [0.1, 0.15) is 28.1 Å². The Kier molecular flexibility index (Phi) is 3.83. The molecule has 0 bridgehead atoms. The molecule has 0 fully saturated rings.